The molecule has 0 aliphatic heterocycles. The quantitative estimate of drug-likeness (QED) is 0.680. The lowest BCUT2D eigenvalue weighted by molar-refractivity contribution is 0.473. The molecule has 0 atom stereocenters. The van der Waals surface area contributed by atoms with Crippen molar-refractivity contribution in [1.82, 2.24) is 0 Å². The van der Waals surface area contributed by atoms with Gasteiger partial charge in [0.25, 0.3) is 0 Å². The molecule has 0 amide bonds. The second-order valence-corrected chi connectivity index (χ2v) is 2.48. The standard InChI is InChI=1S/C10H12O2.C2H6/c1-3-5-8-6-7-10(11)12-9(8)4-2;1-2/h4-7H,3H2,1-2H3;1-2H3/b8-5-,9-4+;. The predicted octanol–water partition coefficient (Wildman–Crippen LogP) is 1.66. The van der Waals surface area contributed by atoms with Gasteiger partial charge in [0.15, 0.2) is 0 Å². The highest BCUT2D eigenvalue weighted by Crippen LogP contribution is 1.73. The van der Waals surface area contributed by atoms with E-state index in [0.717, 1.165) is 11.6 Å². The molecule has 0 aliphatic carbocycles. The Bertz CT molecular complexity index is 413. The minimum absolute atomic E-state index is 0.295. The Balaban J connectivity index is 0.000000791. The van der Waals surface area contributed by atoms with Gasteiger partial charge < -0.3 is 4.42 Å². The van der Waals surface area contributed by atoms with Crippen molar-refractivity contribution in [1.29, 1.82) is 0 Å². The molecule has 14 heavy (non-hydrogen) atoms. The Hall–Kier alpha value is -1.31. The fraction of sp³-hybridized carbons (Fsp3) is 0.417. The van der Waals surface area contributed by atoms with Crippen molar-refractivity contribution in [2.45, 2.75) is 34.1 Å². The second-order valence-electron chi connectivity index (χ2n) is 2.48. The topological polar surface area (TPSA) is 30.2 Å². The van der Waals surface area contributed by atoms with Crippen LogP contribution in [0.4, 0.5) is 0 Å². The van der Waals surface area contributed by atoms with Crippen LogP contribution in [0.5, 0.6) is 0 Å². The van der Waals surface area contributed by atoms with Gasteiger partial charge in [0, 0.05) is 11.3 Å². The zero-order chi connectivity index (χ0) is 11.0. The van der Waals surface area contributed by atoms with E-state index < -0.39 is 0 Å². The van der Waals surface area contributed by atoms with Gasteiger partial charge in [-0.3, -0.25) is 0 Å². The van der Waals surface area contributed by atoms with Crippen molar-refractivity contribution in [3.63, 3.8) is 0 Å². The molecule has 2 heteroatoms. The molecule has 0 bridgehead atoms. The van der Waals surface area contributed by atoms with Gasteiger partial charge in [-0.05, 0) is 25.5 Å². The Morgan fingerprint density at radius 1 is 1.36 bits per heavy atom. The molecule has 0 unspecified atom stereocenters. The molecule has 1 rings (SSSR count). The van der Waals surface area contributed by atoms with Gasteiger partial charge in [-0.15, -0.1) is 0 Å². The average molecular weight is 194 g/mol. The van der Waals surface area contributed by atoms with Crippen LogP contribution in [-0.4, -0.2) is 0 Å². The van der Waals surface area contributed by atoms with E-state index in [1.54, 1.807) is 12.1 Å². The minimum atomic E-state index is -0.295. The van der Waals surface area contributed by atoms with Crippen LogP contribution in [0.15, 0.2) is 21.3 Å². The van der Waals surface area contributed by atoms with E-state index in [1.807, 2.05) is 33.8 Å². The molecule has 0 saturated heterocycles. The lowest BCUT2D eigenvalue weighted by atomic mass is 10.3. The molecular weight excluding hydrogens is 176 g/mol. The van der Waals surface area contributed by atoms with Gasteiger partial charge >= 0.3 is 5.63 Å². The molecule has 0 fully saturated rings. The van der Waals surface area contributed by atoms with Crippen LogP contribution in [0.25, 0.3) is 12.2 Å². The van der Waals surface area contributed by atoms with Crippen LogP contribution in [0, 0.1) is 0 Å². The number of hydrogen-bond donors (Lipinski definition) is 0. The van der Waals surface area contributed by atoms with Gasteiger partial charge in [-0.2, -0.15) is 0 Å². The normalized spacial score (nSPS) is 12.3. The highest BCUT2D eigenvalue weighted by Gasteiger charge is 1.87. The third-order valence-electron chi connectivity index (χ3n) is 1.58. The summed E-state index contributed by atoms with van der Waals surface area (Å²) >= 11 is 0. The predicted molar refractivity (Wildman–Crippen MR) is 60.5 cm³/mol. The summed E-state index contributed by atoms with van der Waals surface area (Å²) in [7, 11) is 0. The minimum Gasteiger partial charge on any atom is -0.423 e. The van der Waals surface area contributed by atoms with E-state index in [9.17, 15) is 4.79 Å². The monoisotopic (exact) mass is 194 g/mol. The Morgan fingerprint density at radius 3 is 2.50 bits per heavy atom. The van der Waals surface area contributed by atoms with Gasteiger partial charge in [0.1, 0.15) is 5.42 Å². The van der Waals surface area contributed by atoms with Gasteiger partial charge in [0.05, 0.1) is 0 Å². The van der Waals surface area contributed by atoms with Crippen LogP contribution in [0.1, 0.15) is 34.1 Å². The molecule has 0 saturated carbocycles. The maximum Gasteiger partial charge on any atom is 0.336 e. The van der Waals surface area contributed by atoms with E-state index >= 15 is 0 Å². The van der Waals surface area contributed by atoms with Crippen LogP contribution < -0.4 is 16.3 Å². The molecule has 78 valence electrons. The molecule has 1 heterocycles. The number of rotatable bonds is 1. The molecule has 0 spiro atoms. The molecular formula is C12H18O2. The van der Waals surface area contributed by atoms with Gasteiger partial charge in [-0.1, -0.05) is 26.8 Å². The zero-order valence-electron chi connectivity index (χ0n) is 9.33. The first-order valence-electron chi connectivity index (χ1n) is 5.04. The molecule has 1 aromatic rings. The molecule has 1 aromatic heterocycles. The SMILES string of the molecule is C/C=c1/oc(=O)cc/c1=C/CC.CC. The zero-order valence-corrected chi connectivity index (χ0v) is 9.33. The fourth-order valence-corrected chi connectivity index (χ4v) is 1.06. The maximum atomic E-state index is 10.8. The molecule has 0 radical (unpaired) electrons. The highest BCUT2D eigenvalue weighted by molar-refractivity contribution is 5.25. The third kappa shape index (κ3) is 3.60. The largest absolute Gasteiger partial charge is 0.423 e. The van der Waals surface area contributed by atoms with E-state index in [-0.39, 0.29) is 5.63 Å². The summed E-state index contributed by atoms with van der Waals surface area (Å²) < 4.78 is 4.97. The molecule has 0 aromatic carbocycles. The van der Waals surface area contributed by atoms with E-state index in [0.29, 0.717) is 5.42 Å². The lowest BCUT2D eigenvalue weighted by Crippen LogP contribution is -2.27. The average Bonchev–Trinajstić information content (AvgIpc) is 2.24. The Morgan fingerprint density at radius 2 is 2.00 bits per heavy atom. The lowest BCUT2D eigenvalue weighted by Gasteiger charge is -1.86. The van der Waals surface area contributed by atoms with Crippen molar-refractivity contribution in [2.24, 2.45) is 0 Å². The van der Waals surface area contributed by atoms with E-state index in [2.05, 4.69) is 0 Å². The summed E-state index contributed by atoms with van der Waals surface area (Å²) in [6, 6.07) is 3.22. The van der Waals surface area contributed by atoms with Crippen molar-refractivity contribution >= 4 is 12.2 Å². The first kappa shape index (κ1) is 12.7. The van der Waals surface area contributed by atoms with Crippen LogP contribution in [-0.2, 0) is 0 Å². The molecule has 0 aliphatic rings. The maximum absolute atomic E-state index is 10.8. The summed E-state index contributed by atoms with van der Waals surface area (Å²) in [6.07, 6.45) is 4.76. The van der Waals surface area contributed by atoms with Crippen LogP contribution >= 0.6 is 0 Å². The third-order valence-corrected chi connectivity index (χ3v) is 1.58. The summed E-state index contributed by atoms with van der Waals surface area (Å²) in [4.78, 5) is 10.8. The summed E-state index contributed by atoms with van der Waals surface area (Å²) in [6.45, 7) is 7.90. The summed E-state index contributed by atoms with van der Waals surface area (Å²) in [5.41, 5.74) is 0.362. The fourth-order valence-electron chi connectivity index (χ4n) is 1.06. The summed E-state index contributed by atoms with van der Waals surface area (Å²) in [5, 5.41) is 0.986. The second kappa shape index (κ2) is 7.13. The first-order valence-corrected chi connectivity index (χ1v) is 5.04. The van der Waals surface area contributed by atoms with E-state index in [1.165, 1.54) is 6.07 Å². The molecule has 0 N–H and O–H groups in total. The van der Waals surface area contributed by atoms with Crippen molar-refractivity contribution in [3.05, 3.63) is 33.2 Å². The Labute approximate surface area is 84.6 Å². The van der Waals surface area contributed by atoms with Gasteiger partial charge in [0.2, 0.25) is 0 Å². The van der Waals surface area contributed by atoms with E-state index in [4.69, 9.17) is 4.42 Å². The summed E-state index contributed by atoms with van der Waals surface area (Å²) in [5.74, 6) is 0. The van der Waals surface area contributed by atoms with Gasteiger partial charge in [-0.25, -0.2) is 4.79 Å². The van der Waals surface area contributed by atoms with Crippen molar-refractivity contribution in [3.8, 4) is 0 Å². The van der Waals surface area contributed by atoms with Crippen molar-refractivity contribution in [2.75, 3.05) is 0 Å². The first-order chi connectivity index (χ1) is 6.77. The Kier molecular flexibility index (Phi) is 6.46. The van der Waals surface area contributed by atoms with Crippen molar-refractivity contribution < 1.29 is 4.42 Å². The highest BCUT2D eigenvalue weighted by atomic mass is 16.4. The van der Waals surface area contributed by atoms with Crippen LogP contribution in [0.3, 0.4) is 0 Å². The van der Waals surface area contributed by atoms with Crippen LogP contribution in [0.2, 0.25) is 0 Å². The molecule has 2 nitrogen and oxygen atoms in total. The smallest absolute Gasteiger partial charge is 0.336 e. The number of hydrogen-bond acceptors (Lipinski definition) is 2.